The summed E-state index contributed by atoms with van der Waals surface area (Å²) in [6.07, 6.45) is -4.49. The molecule has 0 bridgehead atoms. The summed E-state index contributed by atoms with van der Waals surface area (Å²) in [5, 5.41) is 0. The molecule has 134 valence electrons. The summed E-state index contributed by atoms with van der Waals surface area (Å²) >= 11 is 0. The van der Waals surface area contributed by atoms with Crippen molar-refractivity contribution in [2.24, 2.45) is 16.5 Å². The van der Waals surface area contributed by atoms with Crippen molar-refractivity contribution in [3.8, 4) is 0 Å². The van der Waals surface area contributed by atoms with Crippen LogP contribution in [-0.2, 0) is 20.5 Å². The quantitative estimate of drug-likeness (QED) is 0.477. The van der Waals surface area contributed by atoms with E-state index in [4.69, 9.17) is 11.5 Å². The number of nitrogens with zero attached hydrogens (tertiary/aromatic N) is 1. The molecule has 0 spiro atoms. The Morgan fingerprint density at radius 2 is 1.68 bits per heavy atom. The fourth-order valence-electron chi connectivity index (χ4n) is 1.86. The van der Waals surface area contributed by atoms with Crippen LogP contribution in [-0.4, -0.2) is 24.6 Å². The van der Waals surface area contributed by atoms with Gasteiger partial charge < -0.3 is 16.2 Å². The number of hydrogen-bond acceptors (Lipinski definition) is 6. The van der Waals surface area contributed by atoms with E-state index in [0.717, 1.165) is 38.3 Å². The van der Waals surface area contributed by atoms with Gasteiger partial charge in [-0.25, -0.2) is 9.79 Å². The van der Waals surface area contributed by atoms with Gasteiger partial charge in [0.2, 0.25) is 0 Å². The molecule has 1 aromatic rings. The SMILES string of the molecule is C=C(/N=C(/C(=O)OC)C(C(C)=O)=C(N)N)c1ccc(C(F)(F)F)cc1. The number of aliphatic imine (C=N–C) groups is 1. The first-order valence-corrected chi connectivity index (χ1v) is 6.79. The van der Waals surface area contributed by atoms with Crippen molar-refractivity contribution in [2.45, 2.75) is 13.1 Å². The second-order valence-electron chi connectivity index (χ2n) is 4.86. The zero-order chi connectivity index (χ0) is 19.4. The summed E-state index contributed by atoms with van der Waals surface area (Å²) in [5.74, 6) is -2.08. The number of benzene rings is 1. The fourth-order valence-corrected chi connectivity index (χ4v) is 1.86. The number of alkyl halides is 3. The Morgan fingerprint density at radius 3 is 2.04 bits per heavy atom. The topological polar surface area (TPSA) is 108 Å². The molecule has 1 aromatic carbocycles. The number of halogens is 3. The minimum absolute atomic E-state index is 0.0749. The lowest BCUT2D eigenvalue weighted by Crippen LogP contribution is -2.28. The number of carbonyl (C=O) groups is 2. The molecule has 0 aliphatic heterocycles. The van der Waals surface area contributed by atoms with Gasteiger partial charge in [0.05, 0.1) is 23.9 Å². The van der Waals surface area contributed by atoms with Gasteiger partial charge in [0, 0.05) is 0 Å². The van der Waals surface area contributed by atoms with Crippen molar-refractivity contribution in [1.82, 2.24) is 0 Å². The van der Waals surface area contributed by atoms with Gasteiger partial charge in [0.1, 0.15) is 5.82 Å². The predicted octanol–water partition coefficient (Wildman–Crippen LogP) is 2.01. The van der Waals surface area contributed by atoms with Crippen molar-refractivity contribution in [3.63, 3.8) is 0 Å². The first kappa shape index (κ1) is 19.9. The van der Waals surface area contributed by atoms with E-state index in [1.807, 2.05) is 0 Å². The third-order valence-corrected chi connectivity index (χ3v) is 3.05. The average Bonchev–Trinajstić information content (AvgIpc) is 2.51. The monoisotopic (exact) mass is 355 g/mol. The van der Waals surface area contributed by atoms with E-state index in [9.17, 15) is 22.8 Å². The number of nitrogens with two attached hydrogens (primary N) is 2. The zero-order valence-electron chi connectivity index (χ0n) is 13.5. The summed E-state index contributed by atoms with van der Waals surface area (Å²) < 4.78 is 42.3. The van der Waals surface area contributed by atoms with Gasteiger partial charge in [-0.2, -0.15) is 13.2 Å². The summed E-state index contributed by atoms with van der Waals surface area (Å²) in [7, 11) is 1.06. The summed E-state index contributed by atoms with van der Waals surface area (Å²) in [5.41, 5.74) is 9.24. The van der Waals surface area contributed by atoms with E-state index in [-0.39, 0.29) is 16.8 Å². The molecule has 25 heavy (non-hydrogen) atoms. The molecule has 0 unspecified atom stereocenters. The highest BCUT2D eigenvalue weighted by atomic mass is 19.4. The van der Waals surface area contributed by atoms with Gasteiger partial charge >= 0.3 is 12.1 Å². The van der Waals surface area contributed by atoms with E-state index < -0.39 is 35.0 Å². The Bertz CT molecular complexity index is 759. The Labute approximate surface area is 141 Å². The normalized spacial score (nSPS) is 11.6. The van der Waals surface area contributed by atoms with Crippen molar-refractivity contribution in [2.75, 3.05) is 7.11 Å². The molecule has 0 radical (unpaired) electrons. The number of rotatable bonds is 5. The van der Waals surface area contributed by atoms with Crippen LogP contribution in [0.3, 0.4) is 0 Å². The van der Waals surface area contributed by atoms with Crippen LogP contribution in [0, 0.1) is 0 Å². The molecular weight excluding hydrogens is 339 g/mol. The van der Waals surface area contributed by atoms with Crippen LogP contribution < -0.4 is 11.5 Å². The minimum atomic E-state index is -4.49. The smallest absolute Gasteiger partial charge is 0.416 e. The maximum Gasteiger partial charge on any atom is 0.416 e. The Morgan fingerprint density at radius 1 is 1.16 bits per heavy atom. The molecule has 0 saturated heterocycles. The molecule has 0 heterocycles. The van der Waals surface area contributed by atoms with Crippen LogP contribution in [0.25, 0.3) is 5.70 Å². The molecule has 0 fully saturated rings. The van der Waals surface area contributed by atoms with Gasteiger partial charge in [-0.1, -0.05) is 18.7 Å². The predicted molar refractivity (Wildman–Crippen MR) is 86.0 cm³/mol. The molecular formula is C16H16F3N3O3. The number of esters is 1. The third kappa shape index (κ3) is 4.93. The standard InChI is InChI=1S/C16H16F3N3O3/c1-8(10-4-6-11(7-5-10)16(17,18)19)22-13(15(24)25-3)12(9(2)23)14(20)21/h4-7H,1,20-21H2,2-3H3/b22-13+. The molecule has 6 nitrogen and oxygen atoms in total. The van der Waals surface area contributed by atoms with Gasteiger partial charge in [-0.3, -0.25) is 4.79 Å². The van der Waals surface area contributed by atoms with Crippen LogP contribution in [0.5, 0.6) is 0 Å². The molecule has 0 atom stereocenters. The molecule has 4 N–H and O–H groups in total. The molecule has 0 amide bonds. The molecule has 9 heteroatoms. The van der Waals surface area contributed by atoms with E-state index in [2.05, 4.69) is 16.3 Å². The minimum Gasteiger partial charge on any atom is -0.464 e. The maximum absolute atomic E-state index is 12.6. The molecule has 0 aliphatic carbocycles. The summed E-state index contributed by atoms with van der Waals surface area (Å²) in [6.45, 7) is 4.70. The lowest BCUT2D eigenvalue weighted by atomic mass is 10.1. The van der Waals surface area contributed by atoms with Crippen molar-refractivity contribution in [1.29, 1.82) is 0 Å². The second kappa shape index (κ2) is 7.65. The Kier molecular flexibility index (Phi) is 6.10. The number of hydrogen-bond donors (Lipinski definition) is 2. The first-order valence-electron chi connectivity index (χ1n) is 6.79. The Balaban J connectivity index is 3.35. The van der Waals surface area contributed by atoms with Crippen molar-refractivity contribution < 1.29 is 27.5 Å². The van der Waals surface area contributed by atoms with Crippen molar-refractivity contribution in [3.05, 3.63) is 53.4 Å². The number of Topliss-reactive ketones (excluding diaryl/α,β-unsaturated/α-hetero) is 1. The number of methoxy groups -OCH3 is 1. The van der Waals surface area contributed by atoms with Gasteiger partial charge in [0.15, 0.2) is 11.5 Å². The highest BCUT2D eigenvalue weighted by Crippen LogP contribution is 2.30. The van der Waals surface area contributed by atoms with Gasteiger partial charge in [-0.05, 0) is 24.6 Å². The highest BCUT2D eigenvalue weighted by Gasteiger charge is 2.30. The van der Waals surface area contributed by atoms with Crippen LogP contribution in [0.15, 0.2) is 47.2 Å². The fraction of sp³-hybridized carbons (Fsp3) is 0.188. The largest absolute Gasteiger partial charge is 0.464 e. The van der Waals surface area contributed by atoms with E-state index in [1.54, 1.807) is 0 Å². The molecule has 0 aliphatic rings. The van der Waals surface area contributed by atoms with Crippen LogP contribution in [0.4, 0.5) is 13.2 Å². The summed E-state index contributed by atoms with van der Waals surface area (Å²) in [6, 6.07) is 3.94. The van der Waals surface area contributed by atoms with E-state index >= 15 is 0 Å². The first-order chi connectivity index (χ1) is 11.5. The van der Waals surface area contributed by atoms with Crippen LogP contribution in [0.1, 0.15) is 18.1 Å². The molecule has 1 rings (SSSR count). The number of carbonyl (C=O) groups excluding carboxylic acids is 2. The molecule has 0 saturated carbocycles. The van der Waals surface area contributed by atoms with Gasteiger partial charge in [0.25, 0.3) is 0 Å². The lowest BCUT2D eigenvalue weighted by molar-refractivity contribution is -0.137. The van der Waals surface area contributed by atoms with Gasteiger partial charge in [-0.15, -0.1) is 0 Å². The van der Waals surface area contributed by atoms with Crippen LogP contribution >= 0.6 is 0 Å². The van der Waals surface area contributed by atoms with E-state index in [1.165, 1.54) is 0 Å². The zero-order valence-corrected chi connectivity index (χ0v) is 13.5. The highest BCUT2D eigenvalue weighted by molar-refractivity contribution is 6.50. The lowest BCUT2D eigenvalue weighted by Gasteiger charge is -2.10. The third-order valence-electron chi connectivity index (χ3n) is 3.05. The summed E-state index contributed by atoms with van der Waals surface area (Å²) in [4.78, 5) is 27.4. The molecule has 0 aromatic heterocycles. The number of ketones is 1. The van der Waals surface area contributed by atoms with Crippen molar-refractivity contribution >= 4 is 23.2 Å². The Hall–Kier alpha value is -3.10. The van der Waals surface area contributed by atoms with E-state index in [0.29, 0.717) is 0 Å². The number of ether oxygens (including phenoxy) is 1. The van der Waals surface area contributed by atoms with Crippen LogP contribution in [0.2, 0.25) is 0 Å². The maximum atomic E-state index is 12.6. The average molecular weight is 355 g/mol. The second-order valence-corrected chi connectivity index (χ2v) is 4.86.